The Hall–Kier alpha value is -6.21. The van der Waals surface area contributed by atoms with Crippen LogP contribution in [-0.2, 0) is 0 Å². The molecule has 4 aromatic heterocycles. The van der Waals surface area contributed by atoms with Crippen LogP contribution in [-0.4, -0.2) is 19.5 Å². The van der Waals surface area contributed by atoms with Gasteiger partial charge >= 0.3 is 0 Å². The van der Waals surface area contributed by atoms with Gasteiger partial charge in [0, 0.05) is 64.1 Å². The van der Waals surface area contributed by atoms with Crippen LogP contribution >= 0.6 is 22.7 Å². The zero-order chi connectivity index (χ0) is 33.5. The zero-order valence-corrected chi connectivity index (χ0v) is 28.7. The first-order valence-electron chi connectivity index (χ1n) is 16.9. The maximum absolute atomic E-state index is 5.00. The van der Waals surface area contributed by atoms with Gasteiger partial charge in [-0.3, -0.25) is 0 Å². The minimum atomic E-state index is 0.669. The van der Waals surface area contributed by atoms with E-state index in [9.17, 15) is 0 Å². The lowest BCUT2D eigenvalue weighted by molar-refractivity contribution is 1.07. The van der Waals surface area contributed by atoms with Gasteiger partial charge in [0.15, 0.2) is 17.5 Å². The molecule has 0 amide bonds. The summed E-state index contributed by atoms with van der Waals surface area (Å²) in [6.45, 7) is 0. The van der Waals surface area contributed by atoms with Gasteiger partial charge in [-0.1, -0.05) is 115 Å². The van der Waals surface area contributed by atoms with Gasteiger partial charge in [0.05, 0.1) is 20.4 Å². The van der Waals surface area contributed by atoms with Gasteiger partial charge in [-0.2, -0.15) is 0 Å². The lowest BCUT2D eigenvalue weighted by Gasteiger charge is -2.08. The van der Waals surface area contributed by atoms with Crippen LogP contribution in [0, 0.1) is 0 Å². The second kappa shape index (κ2) is 11.2. The molecule has 4 nitrogen and oxygen atoms in total. The second-order valence-electron chi connectivity index (χ2n) is 12.8. The lowest BCUT2D eigenvalue weighted by Crippen LogP contribution is -2.00. The Kier molecular flexibility index (Phi) is 6.26. The molecule has 11 aromatic rings. The molecule has 11 rings (SSSR count). The van der Waals surface area contributed by atoms with Crippen LogP contribution in [0.1, 0.15) is 0 Å². The van der Waals surface area contributed by atoms with Crippen LogP contribution in [0.3, 0.4) is 0 Å². The molecule has 0 atom stereocenters. The third-order valence-corrected chi connectivity index (χ3v) is 12.4. The molecular weight excluding hydrogens is 661 g/mol. The van der Waals surface area contributed by atoms with Crippen LogP contribution in [0.15, 0.2) is 158 Å². The molecule has 0 aliphatic carbocycles. The predicted octanol–water partition coefficient (Wildman–Crippen LogP) is 12.7. The third-order valence-electron chi connectivity index (χ3n) is 9.86. The molecule has 7 aromatic carbocycles. The first kappa shape index (κ1) is 28.6. The van der Waals surface area contributed by atoms with Gasteiger partial charge in [0.25, 0.3) is 0 Å². The van der Waals surface area contributed by atoms with Crippen LogP contribution in [0.4, 0.5) is 0 Å². The summed E-state index contributed by atoms with van der Waals surface area (Å²) in [6.07, 6.45) is 0. The Morgan fingerprint density at radius 1 is 0.353 bits per heavy atom. The molecule has 0 saturated carbocycles. The van der Waals surface area contributed by atoms with E-state index in [0.717, 1.165) is 16.7 Å². The van der Waals surface area contributed by atoms with E-state index >= 15 is 0 Å². The van der Waals surface area contributed by atoms with E-state index in [1.54, 1.807) is 0 Å². The summed E-state index contributed by atoms with van der Waals surface area (Å²) in [5.41, 5.74) is 6.55. The van der Waals surface area contributed by atoms with E-state index in [0.29, 0.717) is 17.5 Å². The highest BCUT2D eigenvalue weighted by Crippen LogP contribution is 2.46. The Balaban J connectivity index is 1.07. The normalized spacial score (nSPS) is 11.9. The minimum absolute atomic E-state index is 0.669. The van der Waals surface area contributed by atoms with Crippen molar-refractivity contribution in [3.63, 3.8) is 0 Å². The Morgan fingerprint density at radius 2 is 0.863 bits per heavy atom. The van der Waals surface area contributed by atoms with Gasteiger partial charge in [-0.05, 0) is 42.5 Å². The lowest BCUT2D eigenvalue weighted by atomic mass is 10.1. The molecule has 0 aliphatic rings. The highest BCUT2D eigenvalue weighted by Gasteiger charge is 2.18. The smallest absolute Gasteiger partial charge is 0.164 e. The van der Waals surface area contributed by atoms with Crippen LogP contribution in [0.25, 0.3) is 102 Å². The number of para-hydroxylation sites is 2. The average molecular weight is 687 g/mol. The van der Waals surface area contributed by atoms with Gasteiger partial charge in [0.2, 0.25) is 0 Å². The fraction of sp³-hybridized carbons (Fsp3) is 0. The molecule has 0 radical (unpaired) electrons. The molecule has 0 N–H and O–H groups in total. The van der Waals surface area contributed by atoms with Crippen molar-refractivity contribution in [2.75, 3.05) is 0 Å². The molecule has 0 saturated heterocycles. The van der Waals surface area contributed by atoms with Gasteiger partial charge < -0.3 is 4.57 Å². The molecule has 238 valence electrons. The monoisotopic (exact) mass is 686 g/mol. The van der Waals surface area contributed by atoms with E-state index < -0.39 is 0 Å². The van der Waals surface area contributed by atoms with Crippen LogP contribution < -0.4 is 0 Å². The van der Waals surface area contributed by atoms with E-state index in [1.807, 2.05) is 83.3 Å². The number of rotatable bonds is 4. The standard InChI is InChI=1S/C45H26N4S2/c1-3-11-27(12-4-1)43-46-44(28-13-5-2-6-14-28)48-45(47-43)29-19-24-39-36(25-29)35-23-22-34-33-21-20-30(26-40(33)51-41(34)42(35)50-39)49-37-17-9-7-15-31(37)32-16-8-10-18-38(32)49/h1-26H. The number of nitrogens with zero attached hydrogens (tertiary/aromatic N) is 4. The number of hydrogen-bond donors (Lipinski definition) is 0. The zero-order valence-electron chi connectivity index (χ0n) is 27.1. The van der Waals surface area contributed by atoms with Gasteiger partial charge in [-0.15, -0.1) is 22.7 Å². The maximum Gasteiger partial charge on any atom is 0.164 e. The van der Waals surface area contributed by atoms with E-state index in [1.165, 1.54) is 67.8 Å². The molecular formula is C45H26N4S2. The van der Waals surface area contributed by atoms with E-state index in [2.05, 4.69) is 102 Å². The molecule has 0 bridgehead atoms. The molecule has 0 spiro atoms. The summed E-state index contributed by atoms with van der Waals surface area (Å²) >= 11 is 3.76. The Labute approximate surface area is 300 Å². The quantitative estimate of drug-likeness (QED) is 0.185. The molecule has 51 heavy (non-hydrogen) atoms. The fourth-order valence-corrected chi connectivity index (χ4v) is 10.0. The minimum Gasteiger partial charge on any atom is -0.309 e. The van der Waals surface area contributed by atoms with Crippen molar-refractivity contribution in [2.45, 2.75) is 0 Å². The van der Waals surface area contributed by atoms with Gasteiger partial charge in [-0.25, -0.2) is 15.0 Å². The van der Waals surface area contributed by atoms with Crippen molar-refractivity contribution in [3.8, 4) is 39.9 Å². The van der Waals surface area contributed by atoms with Crippen molar-refractivity contribution in [1.82, 2.24) is 19.5 Å². The van der Waals surface area contributed by atoms with E-state index in [-0.39, 0.29) is 0 Å². The summed E-state index contributed by atoms with van der Waals surface area (Å²) in [5.74, 6) is 2.01. The maximum atomic E-state index is 5.00. The molecule has 0 fully saturated rings. The summed E-state index contributed by atoms with van der Waals surface area (Å²) in [5, 5.41) is 7.65. The molecule has 0 aliphatic heterocycles. The number of aromatic nitrogens is 4. The highest BCUT2D eigenvalue weighted by molar-refractivity contribution is 7.33. The van der Waals surface area contributed by atoms with Crippen molar-refractivity contribution < 1.29 is 0 Å². The molecule has 0 unspecified atom stereocenters. The Bertz CT molecular complexity index is 3030. The summed E-state index contributed by atoms with van der Waals surface area (Å²) in [7, 11) is 0. The largest absolute Gasteiger partial charge is 0.309 e. The number of fused-ring (bicyclic) bond motifs is 10. The SMILES string of the molecule is c1ccc(-c2nc(-c3ccccc3)nc(-c3ccc4sc5c(ccc6c7ccc(-n8c9ccccc9c9ccccc98)cc7sc65)c4c3)n2)cc1. The van der Waals surface area contributed by atoms with E-state index in [4.69, 9.17) is 15.0 Å². The number of thiophene rings is 2. The fourth-order valence-electron chi connectivity index (χ4n) is 7.47. The summed E-state index contributed by atoms with van der Waals surface area (Å²) in [6, 6.07) is 55.9. The third kappa shape index (κ3) is 4.47. The Morgan fingerprint density at radius 3 is 1.49 bits per heavy atom. The van der Waals surface area contributed by atoms with Crippen molar-refractivity contribution in [3.05, 3.63) is 158 Å². The summed E-state index contributed by atoms with van der Waals surface area (Å²) < 4.78 is 7.61. The highest BCUT2D eigenvalue weighted by atomic mass is 32.1. The van der Waals surface area contributed by atoms with Crippen molar-refractivity contribution in [2.24, 2.45) is 0 Å². The van der Waals surface area contributed by atoms with Gasteiger partial charge in [0.1, 0.15) is 0 Å². The summed E-state index contributed by atoms with van der Waals surface area (Å²) in [4.78, 5) is 14.9. The number of hydrogen-bond acceptors (Lipinski definition) is 5. The second-order valence-corrected chi connectivity index (χ2v) is 14.9. The van der Waals surface area contributed by atoms with Crippen LogP contribution in [0.5, 0.6) is 0 Å². The molecule has 4 heterocycles. The van der Waals surface area contributed by atoms with Crippen LogP contribution in [0.2, 0.25) is 0 Å². The van der Waals surface area contributed by atoms with Crippen molar-refractivity contribution >= 4 is 84.8 Å². The first-order chi connectivity index (χ1) is 25.3. The van der Waals surface area contributed by atoms with Crippen molar-refractivity contribution in [1.29, 1.82) is 0 Å². The first-order valence-corrected chi connectivity index (χ1v) is 18.6. The average Bonchev–Trinajstić information content (AvgIpc) is 3.87. The topological polar surface area (TPSA) is 43.6 Å². The molecule has 6 heteroatoms. The predicted molar refractivity (Wildman–Crippen MR) is 216 cm³/mol. The number of benzene rings is 7.